The van der Waals surface area contributed by atoms with Crippen LogP contribution in [-0.4, -0.2) is 279 Å². The van der Waals surface area contributed by atoms with Crippen molar-refractivity contribution in [2.45, 2.75) is 231 Å². The Labute approximate surface area is 449 Å². The van der Waals surface area contributed by atoms with Gasteiger partial charge in [-0.3, -0.25) is 4.79 Å². The van der Waals surface area contributed by atoms with E-state index in [1.807, 2.05) is 6.92 Å². The largest absolute Gasteiger partial charge is 0.459 e. The number of aliphatic hydroxyl groups is 17. The number of carbonyl (C=O) groups excluding carboxylic acids is 1. The number of esters is 1. The molecule has 1 spiro atoms. The third-order valence-corrected chi connectivity index (χ3v) is 19.7. The summed E-state index contributed by atoms with van der Waals surface area (Å²) in [7, 11) is 0. The number of aliphatic hydroxyl groups excluding tert-OH is 17. The maximum atomic E-state index is 15.0. The molecule has 5 aliphatic carbocycles. The highest BCUT2D eigenvalue weighted by Crippen LogP contribution is 2.74. The molecular formula is C51H82O27. The van der Waals surface area contributed by atoms with E-state index in [1.54, 1.807) is 0 Å². The van der Waals surface area contributed by atoms with Crippen LogP contribution < -0.4 is 0 Å². The predicted octanol–water partition coefficient (Wildman–Crippen LogP) is -6.63. The number of hydrogen-bond acceptors (Lipinski definition) is 27. The number of carbonyl (C=O) groups is 1. The van der Waals surface area contributed by atoms with Crippen molar-refractivity contribution < 1.29 is 134 Å². The molecule has 0 aromatic rings. The highest BCUT2D eigenvalue weighted by Gasteiger charge is 2.70. The molecule has 2 bridgehead atoms. The molecule has 0 radical (unpaired) electrons. The Bertz CT molecular complexity index is 2070. The van der Waals surface area contributed by atoms with Gasteiger partial charge in [-0.2, -0.15) is 0 Å². The molecule has 9 fully saturated rings. The lowest BCUT2D eigenvalue weighted by Gasteiger charge is -2.64. The van der Waals surface area contributed by atoms with Gasteiger partial charge in [0.1, 0.15) is 116 Å². The van der Waals surface area contributed by atoms with Gasteiger partial charge in [-0.05, 0) is 93.0 Å². The third-order valence-electron chi connectivity index (χ3n) is 19.7. The van der Waals surface area contributed by atoms with Crippen molar-refractivity contribution >= 4 is 5.97 Å². The van der Waals surface area contributed by atoms with E-state index in [9.17, 15) is 91.6 Å². The Kier molecular flexibility index (Phi) is 18.2. The maximum Gasteiger partial charge on any atom is 0.312 e. The van der Waals surface area contributed by atoms with Crippen molar-refractivity contribution in [2.24, 2.45) is 34.0 Å². The van der Waals surface area contributed by atoms with Crippen molar-refractivity contribution in [1.29, 1.82) is 0 Å². The van der Waals surface area contributed by atoms with Crippen molar-refractivity contribution in [3.05, 3.63) is 12.2 Å². The normalized spacial score (nSPS) is 54.5. The van der Waals surface area contributed by atoms with Gasteiger partial charge in [-0.25, -0.2) is 0 Å². The van der Waals surface area contributed by atoms with Crippen molar-refractivity contribution in [2.75, 3.05) is 33.0 Å². The molecule has 4 heterocycles. The minimum atomic E-state index is -1.93. The monoisotopic (exact) mass is 1130 g/mol. The summed E-state index contributed by atoms with van der Waals surface area (Å²) in [6.45, 7) is 5.00. The first kappa shape index (κ1) is 60.8. The molecule has 9 rings (SSSR count). The highest BCUT2D eigenvalue weighted by atomic mass is 16.8. The summed E-state index contributed by atoms with van der Waals surface area (Å²) in [4.78, 5) is 15.0. The lowest BCUT2D eigenvalue weighted by Crippen LogP contribution is -2.66. The Morgan fingerprint density at radius 1 is 0.551 bits per heavy atom. The van der Waals surface area contributed by atoms with Gasteiger partial charge in [0, 0.05) is 12.5 Å². The Morgan fingerprint density at radius 2 is 1.05 bits per heavy atom. The summed E-state index contributed by atoms with van der Waals surface area (Å²) in [5, 5.41) is 181. The molecule has 27 heteroatoms. The van der Waals surface area contributed by atoms with E-state index < -0.39 is 214 Å². The smallest absolute Gasteiger partial charge is 0.312 e. The van der Waals surface area contributed by atoms with E-state index in [0.717, 1.165) is 6.42 Å². The molecule has 4 aliphatic heterocycles. The summed E-state index contributed by atoms with van der Waals surface area (Å²) in [6, 6.07) is 0. The fourth-order valence-corrected chi connectivity index (χ4v) is 15.3. The van der Waals surface area contributed by atoms with Crippen molar-refractivity contribution in [3.63, 3.8) is 0 Å². The molecule has 0 aromatic carbocycles. The quantitative estimate of drug-likeness (QED) is 0.0412. The van der Waals surface area contributed by atoms with Gasteiger partial charge in [0.25, 0.3) is 0 Å². The van der Waals surface area contributed by atoms with Crippen molar-refractivity contribution in [1.82, 2.24) is 0 Å². The lowest BCUT2D eigenvalue weighted by molar-refractivity contribution is -0.382. The molecule has 5 saturated carbocycles. The molecule has 78 heavy (non-hydrogen) atoms. The standard InChI is InChI=1S/C51H82O27/c1-19-12-50-9-5-26-48(2,7-4-8-49(26,3)47(69)75-21-11-20(13-52)28(56)36(64)41(21)76-44-39(67)34(62)30(58)23(15-54)72-44)27(50)6-10-51(19,18-50)78-46-42(77-45-40(68)35(63)31(59)24(16-55)73-45)37(65)32(60)25(74-46)17-70-43-38(66)33(61)29(57)22(14-53)71-43/h20-46,52-68H,1,4-18H2,2-3H3/t20?,21?,22?,23?,24?,25?,26?,27-,28?,29?,30?,31?,32?,33?,34?,35?,36?,37?,38?,39?,40?,41?,42?,43?,44?,45?,46?,48+,49+,50+,51-/m0/s1. The first-order chi connectivity index (χ1) is 36.8. The molecule has 9 aliphatic rings. The van der Waals surface area contributed by atoms with E-state index in [1.165, 1.54) is 0 Å². The summed E-state index contributed by atoms with van der Waals surface area (Å²) in [6.07, 6.45) is -35.9. The number of hydrogen-bond donors (Lipinski definition) is 17. The lowest BCUT2D eigenvalue weighted by atomic mass is 9.41. The van der Waals surface area contributed by atoms with Gasteiger partial charge >= 0.3 is 5.97 Å². The van der Waals surface area contributed by atoms with Crippen LogP contribution in [0.3, 0.4) is 0 Å². The molecule has 0 aromatic heterocycles. The summed E-state index contributed by atoms with van der Waals surface area (Å²) in [5.41, 5.74) is -2.57. The van der Waals surface area contributed by atoms with Crippen LogP contribution in [-0.2, 0) is 47.4 Å². The van der Waals surface area contributed by atoms with Gasteiger partial charge in [0.05, 0.1) is 43.5 Å². The van der Waals surface area contributed by atoms with E-state index in [4.69, 9.17) is 42.6 Å². The topological polar surface area (TPSA) is 444 Å². The second-order valence-electron chi connectivity index (χ2n) is 24.1. The highest BCUT2D eigenvalue weighted by molar-refractivity contribution is 5.77. The molecule has 31 atom stereocenters. The molecular weight excluding hydrogens is 1040 g/mol. The molecule has 26 unspecified atom stereocenters. The third kappa shape index (κ3) is 10.4. The van der Waals surface area contributed by atoms with Gasteiger partial charge < -0.3 is 129 Å². The first-order valence-corrected chi connectivity index (χ1v) is 27.2. The minimum Gasteiger partial charge on any atom is -0.459 e. The molecule has 4 saturated heterocycles. The van der Waals surface area contributed by atoms with Crippen LogP contribution >= 0.6 is 0 Å². The second kappa shape index (κ2) is 23.3. The summed E-state index contributed by atoms with van der Waals surface area (Å²) < 4.78 is 54.1. The predicted molar refractivity (Wildman–Crippen MR) is 255 cm³/mol. The minimum absolute atomic E-state index is 0.0274. The summed E-state index contributed by atoms with van der Waals surface area (Å²) >= 11 is 0. The SMILES string of the molecule is C=C1C[C@@]23CCC4[C@](C)(C(=O)OC5CC(CO)C(O)C(O)C5OC5OC(CO)C(O)C(O)C5O)CCC[C@@]4(C)[C@@H]2CC[C@]1(OC1OC(COC2OC(CO)C(O)C(O)C2O)C(O)C(O)C1OC1OC(CO)C(O)C(O)C1O)C3. The van der Waals surface area contributed by atoms with Crippen LogP contribution in [0.25, 0.3) is 0 Å². The fourth-order valence-electron chi connectivity index (χ4n) is 15.3. The Balaban J connectivity index is 0.943. The Hall–Kier alpha value is -1.79. The Morgan fingerprint density at radius 3 is 1.62 bits per heavy atom. The van der Waals surface area contributed by atoms with Gasteiger partial charge in [-0.15, -0.1) is 0 Å². The van der Waals surface area contributed by atoms with Crippen LogP contribution in [0.5, 0.6) is 0 Å². The number of fused-ring (bicyclic) bond motifs is 3. The van der Waals surface area contributed by atoms with Crippen LogP contribution in [0, 0.1) is 34.0 Å². The number of ether oxygens (including phenoxy) is 9. The zero-order valence-corrected chi connectivity index (χ0v) is 43.6. The molecule has 448 valence electrons. The van der Waals surface area contributed by atoms with Crippen LogP contribution in [0.2, 0.25) is 0 Å². The maximum absolute atomic E-state index is 15.0. The fraction of sp³-hybridized carbons (Fsp3) is 0.941. The zero-order chi connectivity index (χ0) is 56.7. The molecule has 0 amide bonds. The van der Waals surface area contributed by atoms with E-state index in [-0.39, 0.29) is 18.3 Å². The zero-order valence-electron chi connectivity index (χ0n) is 43.6. The van der Waals surface area contributed by atoms with E-state index in [0.29, 0.717) is 56.9 Å². The van der Waals surface area contributed by atoms with Gasteiger partial charge in [-0.1, -0.05) is 19.9 Å². The summed E-state index contributed by atoms with van der Waals surface area (Å²) in [5.74, 6) is -1.86. The molecule has 27 nitrogen and oxygen atoms in total. The van der Waals surface area contributed by atoms with E-state index in [2.05, 4.69) is 13.5 Å². The van der Waals surface area contributed by atoms with Crippen LogP contribution in [0.1, 0.15) is 78.1 Å². The van der Waals surface area contributed by atoms with Gasteiger partial charge in [0.15, 0.2) is 25.2 Å². The van der Waals surface area contributed by atoms with Crippen molar-refractivity contribution in [3.8, 4) is 0 Å². The van der Waals surface area contributed by atoms with Gasteiger partial charge in [0.2, 0.25) is 0 Å². The average Bonchev–Trinajstić information content (AvgIpc) is 3.50. The second-order valence-corrected chi connectivity index (χ2v) is 24.1. The van der Waals surface area contributed by atoms with E-state index >= 15 is 0 Å². The van der Waals surface area contributed by atoms with Crippen LogP contribution in [0.4, 0.5) is 0 Å². The molecule has 17 N–H and O–H groups in total. The number of rotatable bonds is 15. The first-order valence-electron chi connectivity index (χ1n) is 27.2. The van der Waals surface area contributed by atoms with Crippen LogP contribution in [0.15, 0.2) is 12.2 Å². The average molecular weight is 1130 g/mol.